The zero-order valence-electron chi connectivity index (χ0n) is 8.53. The summed E-state index contributed by atoms with van der Waals surface area (Å²) < 4.78 is 0. The largest absolute Gasteiger partial charge is 0.392 e. The maximum absolute atomic E-state index is 9.72. The van der Waals surface area contributed by atoms with E-state index in [4.69, 9.17) is 0 Å². The van der Waals surface area contributed by atoms with Crippen LogP contribution >= 0.6 is 0 Å². The van der Waals surface area contributed by atoms with Crippen LogP contribution in [0.2, 0.25) is 0 Å². The van der Waals surface area contributed by atoms with Crippen molar-refractivity contribution < 1.29 is 10.2 Å². The molecule has 1 rings (SSSR count). The van der Waals surface area contributed by atoms with Crippen LogP contribution in [-0.4, -0.2) is 21.9 Å². The van der Waals surface area contributed by atoms with Gasteiger partial charge in [-0.15, -0.1) is 0 Å². The average molecular weight is 184 g/mol. The number of aliphatic hydroxyl groups excluding tert-OH is 1. The molecule has 2 heteroatoms. The molecular weight excluding hydrogens is 164 g/mol. The molecule has 0 radical (unpaired) electrons. The van der Waals surface area contributed by atoms with Crippen molar-refractivity contribution in [3.05, 3.63) is 12.2 Å². The van der Waals surface area contributed by atoms with Crippen LogP contribution in [0, 0.1) is 5.92 Å². The number of aliphatic hydroxyl groups is 2. The molecule has 0 aromatic rings. The van der Waals surface area contributed by atoms with Crippen molar-refractivity contribution in [1.29, 1.82) is 0 Å². The van der Waals surface area contributed by atoms with Crippen LogP contribution in [0.5, 0.6) is 0 Å². The zero-order valence-corrected chi connectivity index (χ0v) is 8.53. The molecule has 0 fully saturated rings. The number of rotatable bonds is 3. The smallest absolute Gasteiger partial charge is 0.0824 e. The molecule has 0 aliphatic heterocycles. The highest BCUT2D eigenvalue weighted by molar-refractivity contribution is 5.08. The van der Waals surface area contributed by atoms with Gasteiger partial charge in [0.25, 0.3) is 0 Å². The van der Waals surface area contributed by atoms with Crippen molar-refractivity contribution >= 4 is 0 Å². The Balaban J connectivity index is 2.49. The van der Waals surface area contributed by atoms with E-state index in [-0.39, 0.29) is 12.0 Å². The van der Waals surface area contributed by atoms with Crippen molar-refractivity contribution in [3.8, 4) is 0 Å². The third kappa shape index (κ3) is 3.12. The molecule has 0 aromatic heterocycles. The number of hydrogen-bond acceptors (Lipinski definition) is 2. The Morgan fingerprint density at radius 2 is 2.23 bits per heavy atom. The average Bonchev–Trinajstić information content (AvgIpc) is 2.02. The van der Waals surface area contributed by atoms with Gasteiger partial charge in [0.2, 0.25) is 0 Å². The fraction of sp³-hybridized carbons (Fsp3) is 0.818. The lowest BCUT2D eigenvalue weighted by molar-refractivity contribution is 0.00931. The van der Waals surface area contributed by atoms with E-state index in [2.05, 4.69) is 6.92 Å². The predicted molar refractivity (Wildman–Crippen MR) is 53.4 cm³/mol. The summed E-state index contributed by atoms with van der Waals surface area (Å²) in [6.07, 6.45) is 7.22. The molecule has 0 spiro atoms. The first kappa shape index (κ1) is 10.7. The van der Waals surface area contributed by atoms with E-state index < -0.39 is 5.60 Å². The Morgan fingerprint density at radius 1 is 1.54 bits per heavy atom. The molecule has 0 aromatic carbocycles. The van der Waals surface area contributed by atoms with Crippen LogP contribution in [0.25, 0.3) is 0 Å². The predicted octanol–water partition coefficient (Wildman–Crippen LogP) is 1.86. The molecule has 76 valence electrons. The second kappa shape index (κ2) is 4.25. The summed E-state index contributed by atoms with van der Waals surface area (Å²) in [6.45, 7) is 3.89. The first-order valence-corrected chi connectivity index (χ1v) is 5.15. The lowest BCUT2D eigenvalue weighted by atomic mass is 9.82. The Labute approximate surface area is 80.3 Å². The topological polar surface area (TPSA) is 40.5 Å². The van der Waals surface area contributed by atoms with Crippen LogP contribution in [0.4, 0.5) is 0 Å². The molecule has 0 heterocycles. The summed E-state index contributed by atoms with van der Waals surface area (Å²) in [7, 11) is 0. The summed E-state index contributed by atoms with van der Waals surface area (Å²) in [5.74, 6) is 0.250. The normalized spacial score (nSPS) is 39.4. The third-order valence-corrected chi connectivity index (χ3v) is 2.71. The van der Waals surface area contributed by atoms with Gasteiger partial charge in [-0.2, -0.15) is 0 Å². The minimum atomic E-state index is -0.803. The van der Waals surface area contributed by atoms with E-state index in [1.54, 1.807) is 6.92 Å². The van der Waals surface area contributed by atoms with Crippen molar-refractivity contribution in [2.24, 2.45) is 5.92 Å². The maximum atomic E-state index is 9.72. The lowest BCUT2D eigenvalue weighted by Gasteiger charge is -2.32. The van der Waals surface area contributed by atoms with Crippen molar-refractivity contribution in [3.63, 3.8) is 0 Å². The van der Waals surface area contributed by atoms with Gasteiger partial charge in [-0.3, -0.25) is 0 Å². The van der Waals surface area contributed by atoms with E-state index in [0.29, 0.717) is 6.42 Å². The van der Waals surface area contributed by atoms with Gasteiger partial charge >= 0.3 is 0 Å². The second-order valence-corrected chi connectivity index (χ2v) is 4.29. The maximum Gasteiger partial charge on any atom is 0.0824 e. The summed E-state index contributed by atoms with van der Waals surface area (Å²) in [5, 5.41) is 19.4. The Morgan fingerprint density at radius 3 is 2.77 bits per heavy atom. The van der Waals surface area contributed by atoms with Gasteiger partial charge in [0.1, 0.15) is 0 Å². The van der Waals surface area contributed by atoms with Crippen molar-refractivity contribution in [1.82, 2.24) is 0 Å². The standard InChI is InChI=1S/C11H20O2/c1-3-4-5-9-6-7-11(2,13)8-10(9)12/h6-7,9-10,12-13H,3-5,8H2,1-2H3/t9-,10+,11-/m1/s1. The number of hydrogen-bond donors (Lipinski definition) is 2. The molecule has 3 atom stereocenters. The molecule has 0 saturated heterocycles. The molecular formula is C11H20O2. The first-order chi connectivity index (χ1) is 6.05. The zero-order chi connectivity index (χ0) is 9.90. The molecule has 2 nitrogen and oxygen atoms in total. The van der Waals surface area contributed by atoms with E-state index >= 15 is 0 Å². The van der Waals surface area contributed by atoms with Crippen LogP contribution in [-0.2, 0) is 0 Å². The Bertz CT molecular complexity index is 185. The molecule has 13 heavy (non-hydrogen) atoms. The first-order valence-electron chi connectivity index (χ1n) is 5.15. The van der Waals surface area contributed by atoms with E-state index in [1.807, 2.05) is 12.2 Å². The highest BCUT2D eigenvalue weighted by atomic mass is 16.3. The fourth-order valence-corrected chi connectivity index (χ4v) is 1.83. The number of unbranched alkanes of at least 4 members (excludes halogenated alkanes) is 1. The summed E-state index contributed by atoms with van der Waals surface area (Å²) >= 11 is 0. The van der Waals surface area contributed by atoms with Crippen molar-refractivity contribution in [2.45, 2.75) is 51.2 Å². The van der Waals surface area contributed by atoms with Crippen LogP contribution in [0.15, 0.2) is 12.2 Å². The Hall–Kier alpha value is -0.340. The molecule has 1 aliphatic rings. The van der Waals surface area contributed by atoms with Gasteiger partial charge in [-0.25, -0.2) is 0 Å². The molecule has 0 bridgehead atoms. The summed E-state index contributed by atoms with van der Waals surface area (Å²) in [5.41, 5.74) is -0.803. The van der Waals surface area contributed by atoms with Crippen LogP contribution in [0.3, 0.4) is 0 Å². The van der Waals surface area contributed by atoms with E-state index in [9.17, 15) is 10.2 Å². The Kier molecular flexibility index (Phi) is 3.51. The molecule has 0 saturated carbocycles. The SMILES string of the molecule is CCCC[C@@H]1C=C[C@@](C)(O)C[C@@H]1O. The third-order valence-electron chi connectivity index (χ3n) is 2.71. The van der Waals surface area contributed by atoms with Gasteiger partial charge in [0.15, 0.2) is 0 Å². The van der Waals surface area contributed by atoms with Gasteiger partial charge in [0, 0.05) is 12.3 Å². The summed E-state index contributed by atoms with van der Waals surface area (Å²) in [6, 6.07) is 0. The quantitative estimate of drug-likeness (QED) is 0.657. The van der Waals surface area contributed by atoms with Crippen LogP contribution in [0.1, 0.15) is 39.5 Å². The van der Waals surface area contributed by atoms with Gasteiger partial charge < -0.3 is 10.2 Å². The van der Waals surface area contributed by atoms with Crippen LogP contribution < -0.4 is 0 Å². The second-order valence-electron chi connectivity index (χ2n) is 4.29. The highest BCUT2D eigenvalue weighted by Crippen LogP contribution is 2.28. The highest BCUT2D eigenvalue weighted by Gasteiger charge is 2.30. The molecule has 0 amide bonds. The van der Waals surface area contributed by atoms with Gasteiger partial charge in [-0.05, 0) is 13.3 Å². The van der Waals surface area contributed by atoms with Gasteiger partial charge in [0.05, 0.1) is 11.7 Å². The van der Waals surface area contributed by atoms with E-state index in [1.165, 1.54) is 0 Å². The molecule has 1 aliphatic carbocycles. The van der Waals surface area contributed by atoms with Crippen molar-refractivity contribution in [2.75, 3.05) is 0 Å². The minimum Gasteiger partial charge on any atom is -0.392 e. The monoisotopic (exact) mass is 184 g/mol. The summed E-state index contributed by atoms with van der Waals surface area (Å²) in [4.78, 5) is 0. The molecule has 2 N–H and O–H groups in total. The minimum absolute atomic E-state index is 0.250. The fourth-order valence-electron chi connectivity index (χ4n) is 1.83. The molecule has 0 unspecified atom stereocenters. The lowest BCUT2D eigenvalue weighted by Crippen LogP contribution is -2.35. The van der Waals surface area contributed by atoms with E-state index in [0.717, 1.165) is 19.3 Å². The van der Waals surface area contributed by atoms with Gasteiger partial charge in [-0.1, -0.05) is 31.9 Å².